The predicted molar refractivity (Wildman–Crippen MR) is 38.2 cm³/mol. The van der Waals surface area contributed by atoms with Crippen LogP contribution in [0.4, 0.5) is 0 Å². The van der Waals surface area contributed by atoms with Gasteiger partial charge in [0.05, 0.1) is 0 Å². The highest BCUT2D eigenvalue weighted by Crippen LogP contribution is 1.98. The van der Waals surface area contributed by atoms with Crippen LogP contribution in [0.15, 0.2) is 0 Å². The van der Waals surface area contributed by atoms with Crippen LogP contribution in [-0.4, -0.2) is 24.5 Å². The van der Waals surface area contributed by atoms with E-state index in [4.69, 9.17) is 18.4 Å². The van der Waals surface area contributed by atoms with E-state index in [2.05, 4.69) is 14.5 Å². The van der Waals surface area contributed by atoms with E-state index in [-0.39, 0.29) is 19.6 Å². The topological polar surface area (TPSA) is 78.1 Å². The van der Waals surface area contributed by atoms with Gasteiger partial charge in [0.25, 0.3) is 6.17 Å². The van der Waals surface area contributed by atoms with Crippen LogP contribution in [0.5, 0.6) is 0 Å². The predicted octanol–water partition coefficient (Wildman–Crippen LogP) is -0.751. The Morgan fingerprint density at radius 1 is 1.45 bits per heavy atom. The first-order chi connectivity index (χ1) is 5.26. The monoisotopic (exact) mass is 160 g/mol. The number of nitrogens with two attached hydrogens (primary N) is 2. The van der Waals surface area contributed by atoms with Crippen molar-refractivity contribution in [3.63, 3.8) is 0 Å². The quantitative estimate of drug-likeness (QED) is 0.314. The Kier molecular flexibility index (Phi) is 5.64. The normalized spacial score (nSPS) is 13.0. The Bertz CT molecular complexity index is 129. The molecule has 4 N–H and O–H groups in total. The Labute approximate surface area is 65.4 Å². The summed E-state index contributed by atoms with van der Waals surface area (Å²) in [4.78, 5) is 13.4. The van der Waals surface area contributed by atoms with Crippen LogP contribution < -0.4 is 11.8 Å². The largest absolute Gasteiger partial charge is 0.296 e. The molecule has 0 aliphatic heterocycles. The highest BCUT2D eigenvalue weighted by Gasteiger charge is 2.16. The van der Waals surface area contributed by atoms with E-state index >= 15 is 0 Å². The average molecular weight is 160 g/mol. The molecular weight excluding hydrogens is 148 g/mol. The molecule has 64 valence electrons. The van der Waals surface area contributed by atoms with E-state index in [1.54, 1.807) is 6.92 Å². The third-order valence-electron chi connectivity index (χ3n) is 1.20. The molecule has 0 bridgehead atoms. The lowest BCUT2D eigenvalue weighted by Gasteiger charge is -2.17. The van der Waals surface area contributed by atoms with E-state index in [0.29, 0.717) is 0 Å². The van der Waals surface area contributed by atoms with Gasteiger partial charge in [0, 0.05) is 6.92 Å². The highest BCUT2D eigenvalue weighted by atomic mass is 16.6. The van der Waals surface area contributed by atoms with Crippen molar-refractivity contribution in [2.24, 2.45) is 11.8 Å². The molecular formula is C5H12N4O2. The molecule has 0 aromatic heterocycles. The molecule has 11 heavy (non-hydrogen) atoms. The lowest BCUT2D eigenvalue weighted by atomic mass is 10.5. The first-order valence-electron chi connectivity index (χ1n) is 3.00. The van der Waals surface area contributed by atoms with Crippen LogP contribution in [0.1, 0.15) is 6.92 Å². The first kappa shape index (κ1) is 10.3. The average Bonchev–Trinajstić information content (AvgIpc) is 2.03. The van der Waals surface area contributed by atoms with Gasteiger partial charge in [-0.25, -0.2) is 18.4 Å². The lowest BCUT2D eigenvalue weighted by Crippen LogP contribution is -2.37. The van der Waals surface area contributed by atoms with Gasteiger partial charge in [0.15, 0.2) is 0 Å². The SMILES string of the molecule is [C-]#[N+]C(C)N(CON)CON. The van der Waals surface area contributed by atoms with E-state index in [0.717, 1.165) is 0 Å². The maximum Gasteiger partial charge on any atom is 0.280 e. The summed E-state index contributed by atoms with van der Waals surface area (Å²) in [5.41, 5.74) is 0. The van der Waals surface area contributed by atoms with Crippen molar-refractivity contribution < 1.29 is 9.68 Å². The summed E-state index contributed by atoms with van der Waals surface area (Å²) in [6.07, 6.45) is -0.345. The van der Waals surface area contributed by atoms with E-state index in [1.165, 1.54) is 4.90 Å². The van der Waals surface area contributed by atoms with Gasteiger partial charge >= 0.3 is 0 Å². The van der Waals surface area contributed by atoms with Crippen molar-refractivity contribution in [1.29, 1.82) is 0 Å². The maximum atomic E-state index is 6.69. The fourth-order valence-corrected chi connectivity index (χ4v) is 0.526. The summed E-state index contributed by atoms with van der Waals surface area (Å²) in [5, 5.41) is 0. The molecule has 0 aromatic rings. The van der Waals surface area contributed by atoms with Crippen molar-refractivity contribution in [2.75, 3.05) is 13.5 Å². The summed E-state index contributed by atoms with van der Waals surface area (Å²) in [5.74, 6) is 9.62. The van der Waals surface area contributed by atoms with Crippen molar-refractivity contribution in [3.8, 4) is 0 Å². The zero-order valence-corrected chi connectivity index (χ0v) is 6.36. The number of hydrogen-bond donors (Lipinski definition) is 2. The van der Waals surface area contributed by atoms with Gasteiger partial charge in [-0.3, -0.25) is 14.5 Å². The molecule has 0 rings (SSSR count). The molecule has 6 heteroatoms. The van der Waals surface area contributed by atoms with Gasteiger partial charge in [-0.15, -0.1) is 0 Å². The van der Waals surface area contributed by atoms with Crippen molar-refractivity contribution in [2.45, 2.75) is 13.1 Å². The van der Waals surface area contributed by atoms with Crippen LogP contribution in [0, 0.1) is 6.57 Å². The van der Waals surface area contributed by atoms with Crippen LogP contribution in [0.25, 0.3) is 4.85 Å². The minimum Gasteiger partial charge on any atom is -0.296 e. The molecule has 0 fully saturated rings. The van der Waals surface area contributed by atoms with Gasteiger partial charge in [-0.2, -0.15) is 4.90 Å². The van der Waals surface area contributed by atoms with E-state index in [1.807, 2.05) is 0 Å². The number of hydrogen-bond acceptors (Lipinski definition) is 5. The third kappa shape index (κ3) is 3.87. The third-order valence-corrected chi connectivity index (χ3v) is 1.20. The van der Waals surface area contributed by atoms with Gasteiger partial charge in [-0.05, 0) is 0 Å². The zero-order chi connectivity index (χ0) is 8.69. The van der Waals surface area contributed by atoms with Gasteiger partial charge < -0.3 is 0 Å². The second kappa shape index (κ2) is 6.03. The van der Waals surface area contributed by atoms with Gasteiger partial charge in [-0.1, -0.05) is 0 Å². The Hall–Kier alpha value is -0.710. The number of rotatable bonds is 5. The second-order valence-electron chi connectivity index (χ2n) is 1.94. The lowest BCUT2D eigenvalue weighted by molar-refractivity contribution is -0.0575. The molecule has 0 saturated carbocycles. The van der Waals surface area contributed by atoms with Crippen LogP contribution in [0.3, 0.4) is 0 Å². The van der Waals surface area contributed by atoms with Gasteiger partial charge in [0.2, 0.25) is 0 Å². The molecule has 0 aliphatic rings. The zero-order valence-electron chi connectivity index (χ0n) is 6.36. The summed E-state index contributed by atoms with van der Waals surface area (Å²) in [7, 11) is 0. The Balaban J connectivity index is 3.78. The fraction of sp³-hybridized carbons (Fsp3) is 0.800. The Morgan fingerprint density at radius 2 is 1.91 bits per heavy atom. The molecule has 1 atom stereocenters. The summed E-state index contributed by atoms with van der Waals surface area (Å²) in [6.45, 7) is 8.64. The maximum absolute atomic E-state index is 6.69. The van der Waals surface area contributed by atoms with E-state index < -0.39 is 0 Å². The molecule has 6 nitrogen and oxygen atoms in total. The minimum absolute atomic E-state index is 0.126. The molecule has 0 aliphatic carbocycles. The molecule has 0 spiro atoms. The first-order valence-corrected chi connectivity index (χ1v) is 3.00. The molecule has 0 aromatic carbocycles. The van der Waals surface area contributed by atoms with Crippen molar-refractivity contribution >= 4 is 0 Å². The Morgan fingerprint density at radius 3 is 2.18 bits per heavy atom. The summed E-state index contributed by atoms with van der Waals surface area (Å²) in [6, 6.07) is 0. The van der Waals surface area contributed by atoms with Crippen molar-refractivity contribution in [3.05, 3.63) is 11.4 Å². The van der Waals surface area contributed by atoms with Crippen molar-refractivity contribution in [1.82, 2.24) is 4.90 Å². The molecule has 0 heterocycles. The fourth-order valence-electron chi connectivity index (χ4n) is 0.526. The van der Waals surface area contributed by atoms with Gasteiger partial charge in [0.1, 0.15) is 13.5 Å². The van der Waals surface area contributed by atoms with Crippen LogP contribution >= 0.6 is 0 Å². The van der Waals surface area contributed by atoms with Crippen LogP contribution in [0.2, 0.25) is 0 Å². The number of nitrogens with zero attached hydrogens (tertiary/aromatic N) is 2. The summed E-state index contributed by atoms with van der Waals surface area (Å²) >= 11 is 0. The van der Waals surface area contributed by atoms with E-state index in [9.17, 15) is 0 Å². The minimum atomic E-state index is -0.345. The summed E-state index contributed by atoms with van der Waals surface area (Å²) < 4.78 is 0. The smallest absolute Gasteiger partial charge is 0.280 e. The molecule has 0 radical (unpaired) electrons. The standard InChI is InChI=1S/C5H12N4O2/c1-5(8-2)9(3-10-6)4-11-7/h5H,3-4,6-7H2,1H3. The molecule has 0 amide bonds. The highest BCUT2D eigenvalue weighted by molar-refractivity contribution is 4.70. The van der Waals surface area contributed by atoms with Crippen LogP contribution in [-0.2, 0) is 9.68 Å². The molecule has 0 saturated heterocycles. The second-order valence-corrected chi connectivity index (χ2v) is 1.94. The molecule has 1 unspecified atom stereocenters.